The van der Waals surface area contributed by atoms with Crippen LogP contribution >= 0.6 is 0 Å². The van der Waals surface area contributed by atoms with Gasteiger partial charge in [-0.1, -0.05) is 0 Å². The van der Waals surface area contributed by atoms with Crippen LogP contribution in [0, 0.1) is 0 Å². The first kappa shape index (κ1) is 9.98. The van der Waals surface area contributed by atoms with Crippen molar-refractivity contribution in [1.82, 2.24) is 5.32 Å². The molecule has 0 aromatic heterocycles. The summed E-state index contributed by atoms with van der Waals surface area (Å²) in [6, 6.07) is 0. The molecule has 1 aliphatic rings. The lowest BCUT2D eigenvalue weighted by Gasteiger charge is -2.10. The van der Waals surface area contributed by atoms with Crippen molar-refractivity contribution in [2.45, 2.75) is 32.0 Å². The second kappa shape index (κ2) is 4.23. The van der Waals surface area contributed by atoms with Gasteiger partial charge in [-0.15, -0.1) is 0 Å². The molecule has 0 saturated carbocycles. The summed E-state index contributed by atoms with van der Waals surface area (Å²) in [5, 5.41) is 11.2. The van der Waals surface area contributed by atoms with Gasteiger partial charge in [0.2, 0.25) is 5.91 Å². The number of amides is 1. The van der Waals surface area contributed by atoms with Gasteiger partial charge in [-0.05, 0) is 12.8 Å². The molecule has 13 heavy (non-hydrogen) atoms. The molecule has 1 heterocycles. The minimum absolute atomic E-state index is 0.123. The van der Waals surface area contributed by atoms with E-state index in [1.165, 1.54) is 6.92 Å². The number of carboxylic acid groups (broad SMARTS) is 1. The molecule has 1 fully saturated rings. The number of carbonyl (C=O) groups is 2. The van der Waals surface area contributed by atoms with Crippen molar-refractivity contribution >= 4 is 11.9 Å². The Morgan fingerprint density at radius 1 is 1.54 bits per heavy atom. The van der Waals surface area contributed by atoms with Crippen molar-refractivity contribution in [3.8, 4) is 0 Å². The Morgan fingerprint density at radius 2 is 2.23 bits per heavy atom. The van der Waals surface area contributed by atoms with Crippen molar-refractivity contribution in [2.24, 2.45) is 0 Å². The van der Waals surface area contributed by atoms with Crippen molar-refractivity contribution < 1.29 is 19.4 Å². The average Bonchev–Trinajstić information content (AvgIpc) is 2.48. The average molecular weight is 187 g/mol. The summed E-state index contributed by atoms with van der Waals surface area (Å²) in [6.45, 7) is 1.82. The largest absolute Gasteiger partial charge is 0.479 e. The van der Waals surface area contributed by atoms with Gasteiger partial charge < -0.3 is 15.2 Å². The summed E-state index contributed by atoms with van der Waals surface area (Å²) in [6.07, 6.45) is 0.375. The van der Waals surface area contributed by atoms with Crippen molar-refractivity contribution in [3.05, 3.63) is 0 Å². The molecule has 1 aliphatic heterocycles. The summed E-state index contributed by atoms with van der Waals surface area (Å²) in [5.41, 5.74) is 0. The van der Waals surface area contributed by atoms with E-state index in [-0.39, 0.29) is 12.0 Å². The third-order valence-corrected chi connectivity index (χ3v) is 1.96. The quantitative estimate of drug-likeness (QED) is 0.639. The van der Waals surface area contributed by atoms with E-state index in [0.29, 0.717) is 19.4 Å². The number of ether oxygens (including phenoxy) is 1. The molecule has 1 amide bonds. The number of aliphatic carboxylic acids is 1. The summed E-state index contributed by atoms with van der Waals surface area (Å²) in [4.78, 5) is 21.0. The van der Waals surface area contributed by atoms with E-state index in [1.807, 2.05) is 0 Å². The first-order valence-corrected chi connectivity index (χ1v) is 4.22. The van der Waals surface area contributed by atoms with Crippen LogP contribution in [-0.4, -0.2) is 35.7 Å². The van der Waals surface area contributed by atoms with Crippen LogP contribution in [-0.2, 0) is 14.3 Å². The van der Waals surface area contributed by atoms with Crippen LogP contribution in [0.2, 0.25) is 0 Å². The Balaban J connectivity index is 2.25. The van der Waals surface area contributed by atoms with Gasteiger partial charge >= 0.3 is 5.97 Å². The Morgan fingerprint density at radius 3 is 2.69 bits per heavy atom. The fourth-order valence-corrected chi connectivity index (χ4v) is 1.30. The minimum atomic E-state index is -0.926. The van der Waals surface area contributed by atoms with Crippen LogP contribution in [0.4, 0.5) is 0 Å². The molecule has 1 saturated heterocycles. The van der Waals surface area contributed by atoms with Gasteiger partial charge in [-0.25, -0.2) is 4.79 Å². The number of hydrogen-bond acceptors (Lipinski definition) is 3. The number of rotatable bonds is 3. The Hall–Kier alpha value is -1.10. The minimum Gasteiger partial charge on any atom is -0.479 e. The van der Waals surface area contributed by atoms with E-state index in [0.717, 1.165) is 0 Å². The standard InChI is InChI=1S/C8H13NO4/c1-5(10)9-4-6-2-3-7(13-6)8(11)12/h6-7H,2-4H2,1H3,(H,9,10)(H,11,12). The topological polar surface area (TPSA) is 75.6 Å². The third-order valence-electron chi connectivity index (χ3n) is 1.96. The summed E-state index contributed by atoms with van der Waals surface area (Å²) in [7, 11) is 0. The molecule has 0 bridgehead atoms. The van der Waals surface area contributed by atoms with Crippen LogP contribution < -0.4 is 5.32 Å². The number of nitrogens with one attached hydrogen (secondary N) is 1. The van der Waals surface area contributed by atoms with E-state index >= 15 is 0 Å². The highest BCUT2D eigenvalue weighted by Crippen LogP contribution is 2.18. The fourth-order valence-electron chi connectivity index (χ4n) is 1.30. The number of carboxylic acids is 1. The van der Waals surface area contributed by atoms with Crippen LogP contribution in [0.15, 0.2) is 0 Å². The zero-order valence-corrected chi connectivity index (χ0v) is 7.45. The lowest BCUT2D eigenvalue weighted by Crippen LogP contribution is -2.31. The lowest BCUT2D eigenvalue weighted by molar-refractivity contribution is -0.149. The molecule has 5 heteroatoms. The van der Waals surface area contributed by atoms with Crippen LogP contribution in [0.3, 0.4) is 0 Å². The normalized spacial score (nSPS) is 27.2. The van der Waals surface area contributed by atoms with E-state index < -0.39 is 12.1 Å². The molecule has 0 aromatic rings. The van der Waals surface area contributed by atoms with Crippen molar-refractivity contribution in [3.63, 3.8) is 0 Å². The van der Waals surface area contributed by atoms with E-state index in [4.69, 9.17) is 9.84 Å². The highest BCUT2D eigenvalue weighted by molar-refractivity contribution is 5.73. The van der Waals surface area contributed by atoms with Crippen molar-refractivity contribution in [1.29, 1.82) is 0 Å². The number of hydrogen-bond donors (Lipinski definition) is 2. The molecule has 0 aromatic carbocycles. The smallest absolute Gasteiger partial charge is 0.332 e. The van der Waals surface area contributed by atoms with Gasteiger partial charge in [0.25, 0.3) is 0 Å². The predicted molar refractivity (Wildman–Crippen MR) is 44.2 cm³/mol. The third kappa shape index (κ3) is 3.02. The first-order chi connectivity index (χ1) is 6.09. The molecule has 1 rings (SSSR count). The first-order valence-electron chi connectivity index (χ1n) is 4.22. The maximum Gasteiger partial charge on any atom is 0.332 e. The molecule has 2 atom stereocenters. The van der Waals surface area contributed by atoms with Crippen molar-refractivity contribution in [2.75, 3.05) is 6.54 Å². The fraction of sp³-hybridized carbons (Fsp3) is 0.750. The maximum atomic E-state index is 10.5. The Bertz CT molecular complexity index is 216. The van der Waals surface area contributed by atoms with Crippen LogP contribution in [0.5, 0.6) is 0 Å². The number of carbonyl (C=O) groups excluding carboxylic acids is 1. The molecule has 0 radical (unpaired) electrons. The molecular formula is C8H13NO4. The van der Waals surface area contributed by atoms with Crippen LogP contribution in [0.25, 0.3) is 0 Å². The molecule has 74 valence electrons. The van der Waals surface area contributed by atoms with E-state index in [1.54, 1.807) is 0 Å². The lowest BCUT2D eigenvalue weighted by atomic mass is 10.2. The van der Waals surface area contributed by atoms with Gasteiger partial charge in [0.1, 0.15) is 0 Å². The zero-order chi connectivity index (χ0) is 9.84. The SMILES string of the molecule is CC(=O)NCC1CCC(C(=O)O)O1. The molecule has 0 spiro atoms. The van der Waals surface area contributed by atoms with Gasteiger partial charge in [0, 0.05) is 13.5 Å². The van der Waals surface area contributed by atoms with Crippen LogP contribution in [0.1, 0.15) is 19.8 Å². The zero-order valence-electron chi connectivity index (χ0n) is 7.45. The Kier molecular flexibility index (Phi) is 3.25. The van der Waals surface area contributed by atoms with Gasteiger partial charge in [0.15, 0.2) is 6.10 Å². The molecule has 2 N–H and O–H groups in total. The van der Waals surface area contributed by atoms with Gasteiger partial charge in [-0.2, -0.15) is 0 Å². The highest BCUT2D eigenvalue weighted by Gasteiger charge is 2.30. The molecule has 2 unspecified atom stereocenters. The van der Waals surface area contributed by atoms with Gasteiger partial charge in [-0.3, -0.25) is 4.79 Å². The molecular weight excluding hydrogens is 174 g/mol. The Labute approximate surface area is 76.1 Å². The van der Waals surface area contributed by atoms with E-state index in [9.17, 15) is 9.59 Å². The van der Waals surface area contributed by atoms with E-state index in [2.05, 4.69) is 5.32 Å². The summed E-state index contributed by atoms with van der Waals surface area (Å²) in [5.74, 6) is -1.05. The molecule has 5 nitrogen and oxygen atoms in total. The second-order valence-corrected chi connectivity index (χ2v) is 3.10. The predicted octanol–water partition coefficient (Wildman–Crippen LogP) is -0.245. The summed E-state index contributed by atoms with van der Waals surface area (Å²) >= 11 is 0. The summed E-state index contributed by atoms with van der Waals surface area (Å²) < 4.78 is 5.16. The monoisotopic (exact) mass is 187 g/mol. The second-order valence-electron chi connectivity index (χ2n) is 3.10. The van der Waals surface area contributed by atoms with Gasteiger partial charge in [0.05, 0.1) is 6.10 Å². The highest BCUT2D eigenvalue weighted by atomic mass is 16.5. The molecule has 0 aliphatic carbocycles. The maximum absolute atomic E-state index is 10.5.